The van der Waals surface area contributed by atoms with Crippen LogP contribution in [0.4, 0.5) is 0 Å². The van der Waals surface area contributed by atoms with Crippen molar-refractivity contribution >= 4 is 5.91 Å². The van der Waals surface area contributed by atoms with E-state index in [9.17, 15) is 4.79 Å². The van der Waals surface area contributed by atoms with Crippen LogP contribution in [-0.2, 0) is 17.9 Å². The van der Waals surface area contributed by atoms with Crippen molar-refractivity contribution in [2.45, 2.75) is 46.3 Å². The van der Waals surface area contributed by atoms with Crippen LogP contribution < -0.4 is 5.32 Å². The van der Waals surface area contributed by atoms with E-state index in [1.807, 2.05) is 74.1 Å². The Morgan fingerprint density at radius 3 is 2.31 bits per heavy atom. The minimum atomic E-state index is -0.167. The van der Waals surface area contributed by atoms with Gasteiger partial charge >= 0.3 is 0 Å². The quantitative estimate of drug-likeness (QED) is 0.632. The van der Waals surface area contributed by atoms with Crippen LogP contribution in [0.3, 0.4) is 0 Å². The molecule has 1 amide bonds. The number of nitrogens with one attached hydrogen (secondary N) is 1. The molecule has 2 aromatic carbocycles. The molecule has 0 bridgehead atoms. The smallest absolute Gasteiger partial charge is 0.237 e. The molecule has 3 rings (SSSR count). The third kappa shape index (κ3) is 4.93. The van der Waals surface area contributed by atoms with E-state index < -0.39 is 0 Å². The van der Waals surface area contributed by atoms with Gasteiger partial charge in [-0.15, -0.1) is 0 Å². The van der Waals surface area contributed by atoms with E-state index >= 15 is 0 Å². The first-order valence-electron chi connectivity index (χ1n) is 10.1. The fraction of sp³-hybridized carbons (Fsp3) is 0.333. The molecule has 3 aromatic rings. The van der Waals surface area contributed by atoms with Gasteiger partial charge in [0.2, 0.25) is 5.91 Å². The summed E-state index contributed by atoms with van der Waals surface area (Å²) in [7, 11) is 2.00. The predicted octanol–water partition coefficient (Wildman–Crippen LogP) is 4.02. The second-order valence-electron chi connectivity index (χ2n) is 7.44. The van der Waals surface area contributed by atoms with Gasteiger partial charge < -0.3 is 5.32 Å². The topological polar surface area (TPSA) is 50.2 Å². The SMILES string of the molecule is CCC(C(=O)NCc1c(C)nn(-c2ccccc2)c1C)N(C)Cc1ccccc1. The Kier molecular flexibility index (Phi) is 6.83. The molecule has 152 valence electrons. The normalized spacial score (nSPS) is 12.2. The molecule has 0 spiro atoms. The third-order valence-electron chi connectivity index (χ3n) is 5.38. The van der Waals surface area contributed by atoms with Crippen molar-refractivity contribution in [2.24, 2.45) is 0 Å². The van der Waals surface area contributed by atoms with Crippen LogP contribution in [0.15, 0.2) is 60.7 Å². The zero-order chi connectivity index (χ0) is 20.8. The van der Waals surface area contributed by atoms with Crippen molar-refractivity contribution in [3.63, 3.8) is 0 Å². The molecule has 0 aliphatic heterocycles. The number of likely N-dealkylation sites (N-methyl/N-ethyl adjacent to an activating group) is 1. The Morgan fingerprint density at radius 2 is 1.69 bits per heavy atom. The highest BCUT2D eigenvalue weighted by Gasteiger charge is 2.22. The third-order valence-corrected chi connectivity index (χ3v) is 5.38. The molecule has 0 aliphatic carbocycles. The van der Waals surface area contributed by atoms with Gasteiger partial charge in [0.1, 0.15) is 0 Å². The molecule has 5 nitrogen and oxygen atoms in total. The first kappa shape index (κ1) is 20.8. The van der Waals surface area contributed by atoms with Crippen LogP contribution in [0, 0.1) is 13.8 Å². The molecule has 0 aliphatic rings. The van der Waals surface area contributed by atoms with Gasteiger partial charge in [-0.2, -0.15) is 5.10 Å². The van der Waals surface area contributed by atoms with Crippen LogP contribution in [0.1, 0.15) is 35.9 Å². The number of rotatable bonds is 8. The number of hydrogen-bond donors (Lipinski definition) is 1. The average Bonchev–Trinajstić information content (AvgIpc) is 3.02. The average molecular weight is 391 g/mol. The maximum Gasteiger partial charge on any atom is 0.237 e. The highest BCUT2D eigenvalue weighted by atomic mass is 16.2. The molecule has 1 N–H and O–H groups in total. The lowest BCUT2D eigenvalue weighted by Gasteiger charge is -2.26. The Labute approximate surface area is 173 Å². The van der Waals surface area contributed by atoms with Gasteiger partial charge in [-0.05, 0) is 45.0 Å². The summed E-state index contributed by atoms with van der Waals surface area (Å²) in [6.45, 7) is 7.32. The zero-order valence-corrected chi connectivity index (χ0v) is 17.7. The maximum atomic E-state index is 12.9. The van der Waals surface area contributed by atoms with Gasteiger partial charge in [-0.3, -0.25) is 9.69 Å². The number of aryl methyl sites for hydroxylation is 1. The Balaban J connectivity index is 1.67. The molecule has 1 aromatic heterocycles. The standard InChI is InChI=1S/C24H30N4O/c1-5-23(27(4)17-20-12-8-6-9-13-20)24(29)25-16-22-18(2)26-28(19(22)3)21-14-10-7-11-15-21/h6-15,23H,5,16-17H2,1-4H3,(H,25,29). The van der Waals surface area contributed by atoms with E-state index in [1.165, 1.54) is 5.56 Å². The van der Waals surface area contributed by atoms with E-state index in [1.54, 1.807) is 0 Å². The molecule has 0 saturated carbocycles. The van der Waals surface area contributed by atoms with Crippen molar-refractivity contribution in [3.05, 3.63) is 83.2 Å². The Morgan fingerprint density at radius 1 is 1.07 bits per heavy atom. The second-order valence-corrected chi connectivity index (χ2v) is 7.44. The minimum Gasteiger partial charge on any atom is -0.351 e. The molecule has 0 fully saturated rings. The highest BCUT2D eigenvalue weighted by Crippen LogP contribution is 2.18. The van der Waals surface area contributed by atoms with E-state index in [0.29, 0.717) is 6.54 Å². The summed E-state index contributed by atoms with van der Waals surface area (Å²) in [5, 5.41) is 7.80. The predicted molar refractivity (Wildman–Crippen MR) is 117 cm³/mol. The minimum absolute atomic E-state index is 0.0530. The highest BCUT2D eigenvalue weighted by molar-refractivity contribution is 5.81. The lowest BCUT2D eigenvalue weighted by atomic mass is 10.1. The van der Waals surface area contributed by atoms with E-state index in [2.05, 4.69) is 34.4 Å². The monoisotopic (exact) mass is 390 g/mol. The van der Waals surface area contributed by atoms with Crippen molar-refractivity contribution in [1.82, 2.24) is 20.0 Å². The lowest BCUT2D eigenvalue weighted by Crippen LogP contribution is -2.44. The fourth-order valence-corrected chi connectivity index (χ4v) is 3.72. The van der Waals surface area contributed by atoms with Gasteiger partial charge in [0.25, 0.3) is 0 Å². The van der Waals surface area contributed by atoms with Gasteiger partial charge in [-0.1, -0.05) is 55.5 Å². The van der Waals surface area contributed by atoms with Gasteiger partial charge in [0.05, 0.1) is 17.4 Å². The number of carbonyl (C=O) groups excluding carboxylic acids is 1. The molecule has 29 heavy (non-hydrogen) atoms. The van der Waals surface area contributed by atoms with Crippen molar-refractivity contribution in [1.29, 1.82) is 0 Å². The number of aromatic nitrogens is 2. The molecule has 0 saturated heterocycles. The lowest BCUT2D eigenvalue weighted by molar-refractivity contribution is -0.126. The maximum absolute atomic E-state index is 12.9. The fourth-order valence-electron chi connectivity index (χ4n) is 3.72. The molecule has 1 unspecified atom stereocenters. The molecular formula is C24H30N4O. The summed E-state index contributed by atoms with van der Waals surface area (Å²) in [6, 6.07) is 20.1. The number of nitrogens with zero attached hydrogens (tertiary/aromatic N) is 3. The molecule has 5 heteroatoms. The molecule has 0 radical (unpaired) electrons. The second kappa shape index (κ2) is 9.52. The van der Waals surface area contributed by atoms with E-state index in [0.717, 1.165) is 35.6 Å². The molecule has 1 atom stereocenters. The number of para-hydroxylation sites is 1. The van der Waals surface area contributed by atoms with Gasteiger partial charge in [0, 0.05) is 24.3 Å². The molecular weight excluding hydrogens is 360 g/mol. The number of hydrogen-bond acceptors (Lipinski definition) is 3. The van der Waals surface area contributed by atoms with Crippen molar-refractivity contribution in [3.8, 4) is 5.69 Å². The van der Waals surface area contributed by atoms with Gasteiger partial charge in [0.15, 0.2) is 0 Å². The molecule has 1 heterocycles. The van der Waals surface area contributed by atoms with Crippen LogP contribution in [0.2, 0.25) is 0 Å². The Hall–Kier alpha value is -2.92. The largest absolute Gasteiger partial charge is 0.351 e. The van der Waals surface area contributed by atoms with Crippen molar-refractivity contribution < 1.29 is 4.79 Å². The number of benzene rings is 2. The van der Waals surface area contributed by atoms with Crippen LogP contribution in [0.25, 0.3) is 5.69 Å². The first-order chi connectivity index (χ1) is 14.0. The summed E-state index contributed by atoms with van der Waals surface area (Å²) in [6.07, 6.45) is 0.760. The van der Waals surface area contributed by atoms with Gasteiger partial charge in [-0.25, -0.2) is 4.68 Å². The summed E-state index contributed by atoms with van der Waals surface area (Å²) in [4.78, 5) is 15.0. The first-order valence-corrected chi connectivity index (χ1v) is 10.1. The number of carbonyl (C=O) groups is 1. The summed E-state index contributed by atoms with van der Waals surface area (Å²) in [5.41, 5.74) is 5.30. The van der Waals surface area contributed by atoms with E-state index in [-0.39, 0.29) is 11.9 Å². The summed E-state index contributed by atoms with van der Waals surface area (Å²) in [5.74, 6) is 0.0530. The Bertz CT molecular complexity index is 934. The van der Waals surface area contributed by atoms with Crippen LogP contribution >= 0.6 is 0 Å². The van der Waals surface area contributed by atoms with E-state index in [4.69, 9.17) is 0 Å². The van der Waals surface area contributed by atoms with Crippen molar-refractivity contribution in [2.75, 3.05) is 7.05 Å². The zero-order valence-electron chi connectivity index (χ0n) is 17.7. The summed E-state index contributed by atoms with van der Waals surface area (Å²) < 4.78 is 1.94. The van der Waals surface area contributed by atoms with Crippen LogP contribution in [-0.4, -0.2) is 33.7 Å². The number of amides is 1. The summed E-state index contributed by atoms with van der Waals surface area (Å²) >= 11 is 0. The van der Waals surface area contributed by atoms with Crippen LogP contribution in [0.5, 0.6) is 0 Å².